The van der Waals surface area contributed by atoms with E-state index in [1.165, 1.54) is 0 Å². The van der Waals surface area contributed by atoms with E-state index < -0.39 is 0 Å². The van der Waals surface area contributed by atoms with E-state index >= 15 is 0 Å². The molecule has 2 heteroatoms. The number of rotatable bonds is 0. The summed E-state index contributed by atoms with van der Waals surface area (Å²) in [6, 6.07) is 5.72. The van der Waals surface area contributed by atoms with Crippen LogP contribution >= 0.6 is 0 Å². The molecule has 0 fully saturated rings. The quantitative estimate of drug-likeness (QED) is 0.525. The van der Waals surface area contributed by atoms with Crippen molar-refractivity contribution in [3.05, 3.63) is 30.6 Å². The van der Waals surface area contributed by atoms with E-state index in [2.05, 4.69) is 67.3 Å². The van der Waals surface area contributed by atoms with Crippen molar-refractivity contribution in [2.75, 3.05) is 0 Å². The fraction of sp³-hybridized carbons (Fsp3) is 0.706. The SMILES string of the molecule is CC(C)(C)B(C(C)(C)C)C(C)(C)C.c1ccncc1. The molecule has 0 aliphatic heterocycles. The molecular formula is C17H32BN. The third kappa shape index (κ3) is 7.39. The Morgan fingerprint density at radius 3 is 0.947 bits per heavy atom. The van der Waals surface area contributed by atoms with Crippen LogP contribution in [0.4, 0.5) is 0 Å². The van der Waals surface area contributed by atoms with Gasteiger partial charge in [0, 0.05) is 12.4 Å². The molecule has 0 N–H and O–H groups in total. The van der Waals surface area contributed by atoms with Gasteiger partial charge in [-0.2, -0.15) is 0 Å². The summed E-state index contributed by atoms with van der Waals surface area (Å²) in [6.07, 6.45) is 3.50. The molecule has 1 heterocycles. The van der Waals surface area contributed by atoms with Crippen LogP contribution in [0.2, 0.25) is 15.9 Å². The second kappa shape index (κ2) is 6.59. The van der Waals surface area contributed by atoms with E-state index in [9.17, 15) is 0 Å². The van der Waals surface area contributed by atoms with Gasteiger partial charge < -0.3 is 0 Å². The van der Waals surface area contributed by atoms with Crippen LogP contribution in [-0.4, -0.2) is 11.7 Å². The fourth-order valence-corrected chi connectivity index (χ4v) is 4.21. The minimum absolute atomic E-state index is 0.385. The van der Waals surface area contributed by atoms with Crippen molar-refractivity contribution in [3.63, 3.8) is 0 Å². The molecule has 1 nitrogen and oxygen atoms in total. The normalized spacial score (nSPS) is 12.5. The maximum Gasteiger partial charge on any atom is 0.156 e. The zero-order valence-electron chi connectivity index (χ0n) is 14.4. The number of pyridine rings is 1. The first-order valence-electron chi connectivity index (χ1n) is 7.22. The second-order valence-electron chi connectivity index (χ2n) is 8.56. The lowest BCUT2D eigenvalue weighted by molar-refractivity contribution is 0.568. The molecule has 0 saturated heterocycles. The zero-order chi connectivity index (χ0) is 15.3. The Balaban J connectivity index is 0.000000443. The largest absolute Gasteiger partial charge is 0.265 e. The van der Waals surface area contributed by atoms with Gasteiger partial charge in [0.05, 0.1) is 0 Å². The van der Waals surface area contributed by atoms with Gasteiger partial charge in [0.2, 0.25) is 0 Å². The standard InChI is InChI=1S/C12H27B.C5H5N/c1-10(2,3)13(11(4,5)6)12(7,8)9;1-2-4-6-5-3-1/h1-9H3;1-5H. The van der Waals surface area contributed by atoms with Gasteiger partial charge in [0.25, 0.3) is 0 Å². The molecule has 0 spiro atoms. The van der Waals surface area contributed by atoms with Crippen molar-refractivity contribution < 1.29 is 0 Å². The van der Waals surface area contributed by atoms with Crippen LogP contribution in [0.5, 0.6) is 0 Å². The fourth-order valence-electron chi connectivity index (χ4n) is 4.21. The Hall–Kier alpha value is -0.785. The molecule has 0 unspecified atom stereocenters. The molecule has 0 amide bonds. The highest BCUT2D eigenvalue weighted by atomic mass is 14.6. The molecule has 1 aromatic rings. The Morgan fingerprint density at radius 1 is 0.579 bits per heavy atom. The third-order valence-corrected chi connectivity index (χ3v) is 3.16. The summed E-state index contributed by atoms with van der Waals surface area (Å²) < 4.78 is 0. The van der Waals surface area contributed by atoms with Crippen LogP contribution in [0.1, 0.15) is 62.3 Å². The summed E-state index contributed by atoms with van der Waals surface area (Å²) in [6.45, 7) is 21.9. The summed E-state index contributed by atoms with van der Waals surface area (Å²) in [7, 11) is 0. The minimum atomic E-state index is 0.385. The maximum absolute atomic E-state index is 3.78. The molecule has 0 aromatic carbocycles. The Bertz CT molecular complexity index is 278. The molecule has 0 atom stereocenters. The lowest BCUT2D eigenvalue weighted by Crippen LogP contribution is -2.42. The van der Waals surface area contributed by atoms with Gasteiger partial charge in [-0.05, 0) is 12.1 Å². The Kier molecular flexibility index (Phi) is 6.31. The first-order chi connectivity index (χ1) is 8.37. The highest BCUT2D eigenvalue weighted by Crippen LogP contribution is 2.52. The number of aromatic nitrogens is 1. The molecular weight excluding hydrogens is 229 g/mol. The molecule has 0 aliphatic rings. The van der Waals surface area contributed by atoms with Crippen molar-refractivity contribution in [1.29, 1.82) is 0 Å². The van der Waals surface area contributed by atoms with E-state index in [1.54, 1.807) is 12.4 Å². The number of hydrogen-bond acceptors (Lipinski definition) is 1. The molecule has 0 radical (unpaired) electrons. The van der Waals surface area contributed by atoms with E-state index in [-0.39, 0.29) is 0 Å². The number of nitrogens with zero attached hydrogens (tertiary/aromatic N) is 1. The van der Waals surface area contributed by atoms with Crippen molar-refractivity contribution in [2.45, 2.75) is 78.3 Å². The Labute approximate surface area is 121 Å². The van der Waals surface area contributed by atoms with E-state index in [1.807, 2.05) is 18.2 Å². The average Bonchev–Trinajstić information content (AvgIpc) is 2.13. The molecule has 0 aliphatic carbocycles. The van der Waals surface area contributed by atoms with Gasteiger partial charge in [0.15, 0.2) is 6.71 Å². The zero-order valence-corrected chi connectivity index (χ0v) is 14.4. The second-order valence-corrected chi connectivity index (χ2v) is 8.56. The highest BCUT2D eigenvalue weighted by molar-refractivity contribution is 6.68. The first kappa shape index (κ1) is 18.2. The van der Waals surface area contributed by atoms with Crippen molar-refractivity contribution in [2.24, 2.45) is 0 Å². The average molecular weight is 261 g/mol. The van der Waals surface area contributed by atoms with E-state index in [0.717, 1.165) is 6.71 Å². The summed E-state index contributed by atoms with van der Waals surface area (Å²) in [5.74, 6) is 0. The predicted octanol–water partition coefficient (Wildman–Crippen LogP) is 5.96. The maximum atomic E-state index is 3.78. The van der Waals surface area contributed by atoms with Crippen LogP contribution in [-0.2, 0) is 0 Å². The smallest absolute Gasteiger partial charge is 0.156 e. The topological polar surface area (TPSA) is 12.9 Å². The van der Waals surface area contributed by atoms with Crippen molar-refractivity contribution >= 4 is 6.71 Å². The van der Waals surface area contributed by atoms with Crippen LogP contribution in [0.15, 0.2) is 30.6 Å². The third-order valence-electron chi connectivity index (χ3n) is 3.16. The van der Waals surface area contributed by atoms with Crippen molar-refractivity contribution in [3.8, 4) is 0 Å². The van der Waals surface area contributed by atoms with E-state index in [4.69, 9.17) is 0 Å². The van der Waals surface area contributed by atoms with Gasteiger partial charge in [-0.1, -0.05) is 84.3 Å². The summed E-state index contributed by atoms with van der Waals surface area (Å²) in [5, 5.41) is 1.16. The van der Waals surface area contributed by atoms with Crippen molar-refractivity contribution in [1.82, 2.24) is 4.98 Å². The van der Waals surface area contributed by atoms with Gasteiger partial charge in [-0.3, -0.25) is 4.98 Å². The molecule has 0 saturated carbocycles. The summed E-state index contributed by atoms with van der Waals surface area (Å²) in [4.78, 5) is 3.78. The van der Waals surface area contributed by atoms with Gasteiger partial charge in [-0.15, -0.1) is 0 Å². The molecule has 1 aromatic heterocycles. The van der Waals surface area contributed by atoms with E-state index in [0.29, 0.717) is 15.9 Å². The summed E-state index contributed by atoms with van der Waals surface area (Å²) in [5.41, 5.74) is 0. The molecule has 1 rings (SSSR count). The lowest BCUT2D eigenvalue weighted by Gasteiger charge is -2.46. The molecule has 19 heavy (non-hydrogen) atoms. The number of hydrogen-bond donors (Lipinski definition) is 0. The minimum Gasteiger partial charge on any atom is -0.265 e. The lowest BCUT2D eigenvalue weighted by atomic mass is 9.15. The predicted molar refractivity (Wildman–Crippen MR) is 89.1 cm³/mol. The van der Waals surface area contributed by atoms with Crippen LogP contribution < -0.4 is 0 Å². The first-order valence-corrected chi connectivity index (χ1v) is 7.22. The van der Waals surface area contributed by atoms with Gasteiger partial charge >= 0.3 is 0 Å². The monoisotopic (exact) mass is 261 g/mol. The van der Waals surface area contributed by atoms with Gasteiger partial charge in [0.1, 0.15) is 0 Å². The molecule has 0 bridgehead atoms. The van der Waals surface area contributed by atoms with Crippen LogP contribution in [0.25, 0.3) is 0 Å². The molecule has 108 valence electrons. The van der Waals surface area contributed by atoms with Gasteiger partial charge in [-0.25, -0.2) is 0 Å². The highest BCUT2D eigenvalue weighted by Gasteiger charge is 2.45. The Morgan fingerprint density at radius 2 is 0.895 bits per heavy atom. The summed E-state index contributed by atoms with van der Waals surface area (Å²) >= 11 is 0. The van der Waals surface area contributed by atoms with Crippen LogP contribution in [0, 0.1) is 0 Å². The van der Waals surface area contributed by atoms with Crippen LogP contribution in [0.3, 0.4) is 0 Å².